The Kier molecular flexibility index (Phi) is 3.86. The van der Waals surface area contributed by atoms with E-state index >= 15 is 0 Å². The van der Waals surface area contributed by atoms with E-state index < -0.39 is 10.2 Å². The van der Waals surface area contributed by atoms with Crippen molar-refractivity contribution in [3.8, 4) is 6.07 Å². The lowest BCUT2D eigenvalue weighted by Crippen LogP contribution is -2.42. The van der Waals surface area contributed by atoms with Crippen molar-refractivity contribution in [2.24, 2.45) is 0 Å². The highest BCUT2D eigenvalue weighted by molar-refractivity contribution is 7.87. The Morgan fingerprint density at radius 2 is 2.07 bits per heavy atom. The van der Waals surface area contributed by atoms with Crippen LogP contribution in [0, 0.1) is 11.3 Å². The predicted molar refractivity (Wildman–Crippen MR) is 52.6 cm³/mol. The molecule has 0 aromatic heterocycles. The van der Waals surface area contributed by atoms with Crippen LogP contribution in [0.25, 0.3) is 0 Å². The lowest BCUT2D eigenvalue weighted by Gasteiger charge is -2.18. The number of rotatable bonds is 4. The van der Waals surface area contributed by atoms with Gasteiger partial charge in [0.25, 0.3) is 10.2 Å². The van der Waals surface area contributed by atoms with Crippen molar-refractivity contribution >= 4 is 10.2 Å². The molecule has 1 saturated heterocycles. The molecule has 1 atom stereocenters. The molecule has 0 spiro atoms. The summed E-state index contributed by atoms with van der Waals surface area (Å²) in [4.78, 5) is 0. The van der Waals surface area contributed by atoms with Crippen LogP contribution in [0.5, 0.6) is 0 Å². The first-order valence-electron chi connectivity index (χ1n) is 4.70. The first-order chi connectivity index (χ1) is 6.56. The molecule has 0 bridgehead atoms. The van der Waals surface area contributed by atoms with Crippen LogP contribution in [0.3, 0.4) is 0 Å². The highest BCUT2D eigenvalue weighted by atomic mass is 32.2. The molecule has 0 amide bonds. The molecule has 14 heavy (non-hydrogen) atoms. The van der Waals surface area contributed by atoms with E-state index in [9.17, 15) is 8.42 Å². The monoisotopic (exact) mass is 217 g/mol. The third-order valence-corrected chi connectivity index (χ3v) is 3.90. The summed E-state index contributed by atoms with van der Waals surface area (Å²) in [6.45, 7) is 2.88. The summed E-state index contributed by atoms with van der Waals surface area (Å²) in [6, 6.07) is 1.62. The second-order valence-electron chi connectivity index (χ2n) is 3.49. The summed E-state index contributed by atoms with van der Waals surface area (Å²) in [5.41, 5.74) is 0. The quantitative estimate of drug-likeness (QED) is 0.732. The van der Waals surface area contributed by atoms with Crippen molar-refractivity contribution in [2.75, 3.05) is 13.1 Å². The molecule has 0 radical (unpaired) electrons. The molecular formula is C8H15N3O2S. The van der Waals surface area contributed by atoms with E-state index in [1.54, 1.807) is 6.92 Å². The smallest absolute Gasteiger partial charge is 0.198 e. The molecule has 1 unspecified atom stereocenters. The van der Waals surface area contributed by atoms with Crippen LogP contribution in [0.1, 0.15) is 26.2 Å². The predicted octanol–water partition coefficient (Wildman–Crippen LogP) is 0.219. The fourth-order valence-electron chi connectivity index (χ4n) is 1.44. The minimum atomic E-state index is -3.35. The molecule has 0 saturated carbocycles. The first-order valence-corrected chi connectivity index (χ1v) is 6.14. The second-order valence-corrected chi connectivity index (χ2v) is 5.19. The number of nitriles is 1. The van der Waals surface area contributed by atoms with Crippen molar-refractivity contribution in [1.29, 1.82) is 5.26 Å². The Morgan fingerprint density at radius 3 is 2.57 bits per heavy atom. The fourth-order valence-corrected chi connectivity index (χ4v) is 2.92. The van der Waals surface area contributed by atoms with Gasteiger partial charge in [0.2, 0.25) is 0 Å². The molecule has 1 heterocycles. The average Bonchev–Trinajstić information content (AvgIpc) is 2.54. The van der Waals surface area contributed by atoms with Crippen LogP contribution in [0.4, 0.5) is 0 Å². The zero-order valence-corrected chi connectivity index (χ0v) is 9.05. The Labute approximate surface area is 84.9 Å². The van der Waals surface area contributed by atoms with Crippen molar-refractivity contribution in [3.63, 3.8) is 0 Å². The number of hydrogen-bond acceptors (Lipinski definition) is 3. The number of nitrogens with zero attached hydrogens (tertiary/aromatic N) is 2. The van der Waals surface area contributed by atoms with Gasteiger partial charge in [-0.3, -0.25) is 0 Å². The molecule has 1 fully saturated rings. The van der Waals surface area contributed by atoms with Crippen molar-refractivity contribution in [2.45, 2.75) is 32.2 Å². The third kappa shape index (κ3) is 2.94. The summed E-state index contributed by atoms with van der Waals surface area (Å²) in [5.74, 6) is 0. The van der Waals surface area contributed by atoms with Gasteiger partial charge >= 0.3 is 0 Å². The van der Waals surface area contributed by atoms with Gasteiger partial charge in [-0.05, 0) is 19.8 Å². The maximum absolute atomic E-state index is 11.6. The average molecular weight is 217 g/mol. The zero-order chi connectivity index (χ0) is 10.6. The highest BCUT2D eigenvalue weighted by Gasteiger charge is 2.26. The fraction of sp³-hybridized carbons (Fsp3) is 0.875. The minimum Gasteiger partial charge on any atom is -0.198 e. The first kappa shape index (κ1) is 11.4. The summed E-state index contributed by atoms with van der Waals surface area (Å²) >= 11 is 0. The van der Waals surface area contributed by atoms with Gasteiger partial charge in [0, 0.05) is 19.1 Å². The molecule has 1 aliphatic heterocycles. The van der Waals surface area contributed by atoms with E-state index in [1.807, 2.05) is 6.07 Å². The molecule has 80 valence electrons. The highest BCUT2D eigenvalue weighted by Crippen LogP contribution is 2.11. The lowest BCUT2D eigenvalue weighted by atomic mass is 10.3. The molecule has 6 heteroatoms. The second kappa shape index (κ2) is 4.73. The van der Waals surface area contributed by atoms with Gasteiger partial charge in [0.1, 0.15) is 0 Å². The molecule has 0 aromatic rings. The standard InChI is InChI=1S/C8H15N3O2S/c1-8(4-5-9)10-14(12,13)11-6-2-3-7-11/h8,10H,2-4,6-7H2,1H3. The van der Waals surface area contributed by atoms with Crippen molar-refractivity contribution < 1.29 is 8.42 Å². The third-order valence-electron chi connectivity index (χ3n) is 2.15. The van der Waals surface area contributed by atoms with E-state index in [4.69, 9.17) is 5.26 Å². The van der Waals surface area contributed by atoms with Crippen LogP contribution >= 0.6 is 0 Å². The molecule has 0 aromatic carbocycles. The number of hydrogen-bond donors (Lipinski definition) is 1. The van der Waals surface area contributed by atoms with Gasteiger partial charge in [0.05, 0.1) is 12.5 Å². The topological polar surface area (TPSA) is 73.2 Å². The van der Waals surface area contributed by atoms with E-state index in [-0.39, 0.29) is 12.5 Å². The van der Waals surface area contributed by atoms with Crippen LogP contribution < -0.4 is 4.72 Å². The Morgan fingerprint density at radius 1 is 1.50 bits per heavy atom. The van der Waals surface area contributed by atoms with Gasteiger partial charge in [0.15, 0.2) is 0 Å². The molecule has 5 nitrogen and oxygen atoms in total. The van der Waals surface area contributed by atoms with E-state index in [2.05, 4.69) is 4.72 Å². The van der Waals surface area contributed by atoms with Crippen LogP contribution in [0.15, 0.2) is 0 Å². The van der Waals surface area contributed by atoms with Gasteiger partial charge in [-0.2, -0.15) is 22.7 Å². The van der Waals surface area contributed by atoms with Crippen molar-refractivity contribution in [1.82, 2.24) is 9.03 Å². The van der Waals surface area contributed by atoms with Gasteiger partial charge < -0.3 is 0 Å². The number of nitrogens with one attached hydrogen (secondary N) is 1. The van der Waals surface area contributed by atoms with Crippen LogP contribution in [-0.2, 0) is 10.2 Å². The minimum absolute atomic E-state index is 0.201. The van der Waals surface area contributed by atoms with Gasteiger partial charge in [-0.25, -0.2) is 0 Å². The zero-order valence-electron chi connectivity index (χ0n) is 8.23. The maximum atomic E-state index is 11.6. The molecule has 1 aliphatic rings. The summed E-state index contributed by atoms with van der Waals surface area (Å²) in [6.07, 6.45) is 2.05. The largest absolute Gasteiger partial charge is 0.279 e. The Bertz CT molecular complexity index is 314. The normalized spacial score (nSPS) is 20.6. The van der Waals surface area contributed by atoms with E-state index in [1.165, 1.54) is 4.31 Å². The summed E-state index contributed by atoms with van der Waals surface area (Å²) in [5, 5.41) is 8.40. The van der Waals surface area contributed by atoms with Gasteiger partial charge in [-0.1, -0.05) is 0 Å². The molecular weight excluding hydrogens is 202 g/mol. The summed E-state index contributed by atoms with van der Waals surface area (Å²) < 4.78 is 27.2. The lowest BCUT2D eigenvalue weighted by molar-refractivity contribution is 0.456. The van der Waals surface area contributed by atoms with E-state index in [0.29, 0.717) is 13.1 Å². The van der Waals surface area contributed by atoms with Gasteiger partial charge in [-0.15, -0.1) is 0 Å². The molecule has 0 aliphatic carbocycles. The van der Waals surface area contributed by atoms with Crippen LogP contribution in [-0.4, -0.2) is 31.9 Å². The summed E-state index contributed by atoms with van der Waals surface area (Å²) in [7, 11) is -3.35. The molecule has 1 N–H and O–H groups in total. The molecule has 1 rings (SSSR count). The van der Waals surface area contributed by atoms with E-state index in [0.717, 1.165) is 12.8 Å². The van der Waals surface area contributed by atoms with Crippen molar-refractivity contribution in [3.05, 3.63) is 0 Å². The van der Waals surface area contributed by atoms with Crippen LogP contribution in [0.2, 0.25) is 0 Å². The SMILES string of the molecule is CC(CC#N)NS(=O)(=O)N1CCCC1. The Balaban J connectivity index is 2.53. The maximum Gasteiger partial charge on any atom is 0.279 e. The Hall–Kier alpha value is -0.640.